The average Bonchev–Trinajstić information content (AvgIpc) is 3.45. The van der Waals surface area contributed by atoms with Gasteiger partial charge in [-0.15, -0.1) is 0 Å². The van der Waals surface area contributed by atoms with Gasteiger partial charge in [0, 0.05) is 11.3 Å². The van der Waals surface area contributed by atoms with Crippen molar-refractivity contribution in [2.24, 2.45) is 0 Å². The van der Waals surface area contributed by atoms with Crippen molar-refractivity contribution in [3.8, 4) is 22.3 Å². The van der Waals surface area contributed by atoms with E-state index in [1.807, 2.05) is 0 Å². The summed E-state index contributed by atoms with van der Waals surface area (Å²) in [4.78, 5) is 0. The Balaban J connectivity index is 1.20. The molecule has 0 aromatic heterocycles. The van der Waals surface area contributed by atoms with E-state index in [2.05, 4.69) is 168 Å². The van der Waals surface area contributed by atoms with Crippen LogP contribution in [0.15, 0.2) is 158 Å². The highest BCUT2D eigenvalue weighted by atomic mass is 15.2. The normalized spacial score (nSPS) is 16.9. The third kappa shape index (κ3) is 3.81. The lowest BCUT2D eigenvalue weighted by Gasteiger charge is -2.34. The van der Waals surface area contributed by atoms with Gasteiger partial charge in [0.1, 0.15) is 6.17 Å². The van der Waals surface area contributed by atoms with E-state index in [1.165, 1.54) is 82.0 Å². The van der Waals surface area contributed by atoms with E-state index in [0.717, 1.165) is 5.70 Å². The third-order valence-corrected chi connectivity index (χ3v) is 10.0. The molecular weight excluding hydrogens is 556 g/mol. The standard InChI is InChI=1S/C44H30N2/c1-2-11-29(12-3-1)44-45-40(31-21-22-34-35-18-8-14-28-15-9-19-36(42(28)35)39(34)25-31)26-41(46-44)43-33-17-7-5-13-30(33)24-38-32-16-6-4-10-27(32)20-23-37(38)43/h1-26,40,44-46H. The second-order valence-electron chi connectivity index (χ2n) is 12.6. The van der Waals surface area contributed by atoms with Crippen LogP contribution in [0.2, 0.25) is 0 Å². The molecule has 0 bridgehead atoms. The molecule has 0 saturated carbocycles. The molecule has 0 fully saturated rings. The van der Waals surface area contributed by atoms with Gasteiger partial charge in [0.05, 0.1) is 6.04 Å². The van der Waals surface area contributed by atoms with E-state index in [0.29, 0.717) is 0 Å². The first-order valence-corrected chi connectivity index (χ1v) is 16.1. The zero-order valence-corrected chi connectivity index (χ0v) is 25.2. The molecule has 1 aliphatic heterocycles. The van der Waals surface area contributed by atoms with Crippen LogP contribution in [0.25, 0.3) is 71.0 Å². The van der Waals surface area contributed by atoms with E-state index < -0.39 is 0 Å². The van der Waals surface area contributed by atoms with Crippen molar-refractivity contribution in [1.82, 2.24) is 10.6 Å². The molecule has 0 radical (unpaired) electrons. The predicted molar refractivity (Wildman–Crippen MR) is 194 cm³/mol. The molecule has 2 atom stereocenters. The first-order valence-electron chi connectivity index (χ1n) is 16.1. The van der Waals surface area contributed by atoms with Crippen LogP contribution in [-0.4, -0.2) is 0 Å². The number of hydrogen-bond donors (Lipinski definition) is 2. The smallest absolute Gasteiger partial charge is 0.104 e. The fraction of sp³-hybridized carbons (Fsp3) is 0.0455. The Bertz CT molecular complexity index is 2540. The zero-order chi connectivity index (χ0) is 30.2. The highest BCUT2D eigenvalue weighted by Gasteiger charge is 2.28. The fourth-order valence-electron chi connectivity index (χ4n) is 7.93. The molecule has 8 aromatic rings. The number of benzene rings is 8. The zero-order valence-electron chi connectivity index (χ0n) is 25.2. The third-order valence-electron chi connectivity index (χ3n) is 10.0. The lowest BCUT2D eigenvalue weighted by molar-refractivity contribution is 0.443. The molecule has 2 nitrogen and oxygen atoms in total. The Morgan fingerprint density at radius 2 is 1.13 bits per heavy atom. The average molecular weight is 587 g/mol. The molecule has 10 rings (SSSR count). The Kier molecular flexibility index (Phi) is 5.51. The van der Waals surface area contributed by atoms with E-state index in [1.54, 1.807) is 0 Å². The maximum absolute atomic E-state index is 3.96. The van der Waals surface area contributed by atoms with Crippen LogP contribution in [0.4, 0.5) is 0 Å². The first-order chi connectivity index (χ1) is 22.8. The minimum Gasteiger partial charge on any atom is -0.366 e. The minimum absolute atomic E-state index is 0.00384. The van der Waals surface area contributed by atoms with Crippen molar-refractivity contribution in [2.45, 2.75) is 12.2 Å². The lowest BCUT2D eigenvalue weighted by atomic mass is 9.89. The van der Waals surface area contributed by atoms with Crippen LogP contribution >= 0.6 is 0 Å². The van der Waals surface area contributed by atoms with Crippen LogP contribution in [0.5, 0.6) is 0 Å². The molecule has 0 amide bonds. The molecule has 0 spiro atoms. The van der Waals surface area contributed by atoms with Crippen LogP contribution in [-0.2, 0) is 0 Å². The largest absolute Gasteiger partial charge is 0.366 e. The number of nitrogens with one attached hydrogen (secondary N) is 2. The van der Waals surface area contributed by atoms with E-state index >= 15 is 0 Å². The van der Waals surface area contributed by atoms with Crippen LogP contribution in [0, 0.1) is 0 Å². The molecule has 1 aliphatic carbocycles. The number of hydrogen-bond acceptors (Lipinski definition) is 2. The van der Waals surface area contributed by atoms with Gasteiger partial charge in [-0.05, 0) is 94.7 Å². The van der Waals surface area contributed by atoms with Gasteiger partial charge in [0.15, 0.2) is 0 Å². The van der Waals surface area contributed by atoms with E-state index in [9.17, 15) is 0 Å². The van der Waals surface area contributed by atoms with Gasteiger partial charge in [-0.1, -0.05) is 140 Å². The summed E-state index contributed by atoms with van der Waals surface area (Å²) in [5.41, 5.74) is 10.2. The Hall–Kier alpha value is -5.70. The van der Waals surface area contributed by atoms with E-state index in [4.69, 9.17) is 0 Å². The fourth-order valence-corrected chi connectivity index (χ4v) is 7.93. The van der Waals surface area contributed by atoms with Crippen molar-refractivity contribution >= 4 is 48.8 Å². The molecular formula is C44H30N2. The molecule has 0 saturated heterocycles. The Morgan fingerprint density at radius 1 is 0.413 bits per heavy atom. The maximum atomic E-state index is 3.96. The van der Waals surface area contributed by atoms with Gasteiger partial charge in [-0.3, -0.25) is 5.32 Å². The molecule has 8 aromatic carbocycles. The van der Waals surface area contributed by atoms with Crippen LogP contribution < -0.4 is 10.6 Å². The van der Waals surface area contributed by atoms with Gasteiger partial charge in [-0.25, -0.2) is 0 Å². The van der Waals surface area contributed by atoms with Crippen molar-refractivity contribution < 1.29 is 0 Å². The maximum Gasteiger partial charge on any atom is 0.104 e. The number of rotatable bonds is 3. The van der Waals surface area contributed by atoms with Crippen LogP contribution in [0.1, 0.15) is 28.9 Å². The van der Waals surface area contributed by atoms with Gasteiger partial charge >= 0.3 is 0 Å². The van der Waals surface area contributed by atoms with Crippen molar-refractivity contribution in [1.29, 1.82) is 0 Å². The highest BCUT2D eigenvalue weighted by molar-refractivity contribution is 6.18. The summed E-state index contributed by atoms with van der Waals surface area (Å²) in [6, 6.07) is 55.6. The summed E-state index contributed by atoms with van der Waals surface area (Å²) in [7, 11) is 0. The van der Waals surface area contributed by atoms with Crippen LogP contribution in [0.3, 0.4) is 0 Å². The first kappa shape index (κ1) is 25.6. The summed E-state index contributed by atoms with van der Waals surface area (Å²) in [5, 5.41) is 18.2. The van der Waals surface area contributed by atoms with Gasteiger partial charge in [-0.2, -0.15) is 0 Å². The summed E-state index contributed by atoms with van der Waals surface area (Å²) in [5.74, 6) is 0. The Morgan fingerprint density at radius 3 is 1.98 bits per heavy atom. The summed E-state index contributed by atoms with van der Waals surface area (Å²) < 4.78 is 0. The van der Waals surface area contributed by atoms with Gasteiger partial charge in [0.25, 0.3) is 0 Å². The molecule has 1 heterocycles. The van der Waals surface area contributed by atoms with Crippen molar-refractivity contribution in [3.05, 3.63) is 174 Å². The molecule has 2 heteroatoms. The molecule has 216 valence electrons. The molecule has 2 aliphatic rings. The summed E-state index contributed by atoms with van der Waals surface area (Å²) >= 11 is 0. The predicted octanol–water partition coefficient (Wildman–Crippen LogP) is 10.9. The topological polar surface area (TPSA) is 24.1 Å². The second-order valence-corrected chi connectivity index (χ2v) is 12.6. The minimum atomic E-state index is -0.0606. The quantitative estimate of drug-likeness (QED) is 0.159. The molecule has 2 unspecified atom stereocenters. The molecule has 2 N–H and O–H groups in total. The van der Waals surface area contributed by atoms with E-state index in [-0.39, 0.29) is 12.2 Å². The monoisotopic (exact) mass is 586 g/mol. The molecule has 46 heavy (non-hydrogen) atoms. The van der Waals surface area contributed by atoms with Gasteiger partial charge in [0.2, 0.25) is 0 Å². The van der Waals surface area contributed by atoms with Gasteiger partial charge < -0.3 is 5.32 Å². The highest BCUT2D eigenvalue weighted by Crippen LogP contribution is 2.48. The number of fused-ring (bicyclic) bond motifs is 7. The summed E-state index contributed by atoms with van der Waals surface area (Å²) in [6.07, 6.45) is 2.34. The summed E-state index contributed by atoms with van der Waals surface area (Å²) in [6.45, 7) is 0. The Labute approximate surface area is 267 Å². The van der Waals surface area contributed by atoms with Crippen molar-refractivity contribution in [2.75, 3.05) is 0 Å². The lowest BCUT2D eigenvalue weighted by Crippen LogP contribution is -2.39. The second kappa shape index (κ2) is 9.90. The SMILES string of the molecule is C1=C(c2c3ccccc3cc3c2ccc2ccccc23)NC(c2ccccc2)NC1c1ccc2c(c1)-c1cccc3cccc-2c13. The van der Waals surface area contributed by atoms with Crippen molar-refractivity contribution in [3.63, 3.8) is 0 Å².